The van der Waals surface area contributed by atoms with Crippen LogP contribution < -0.4 is 11.1 Å². The Bertz CT molecular complexity index is 246. The lowest BCUT2D eigenvalue weighted by molar-refractivity contribution is -0.126. The Morgan fingerprint density at radius 3 is 2.94 bits per heavy atom. The zero-order valence-electron chi connectivity index (χ0n) is 11.8. The Hall–Kier alpha value is -0.610. The molecule has 0 aromatic carbocycles. The molecule has 0 aliphatic heterocycles. The highest BCUT2D eigenvalue weighted by atomic mass is 16.5. The van der Waals surface area contributed by atoms with Crippen LogP contribution in [0.15, 0.2) is 0 Å². The maximum Gasteiger partial charge on any atom is 0.223 e. The average molecular weight is 256 g/mol. The topological polar surface area (TPSA) is 64.3 Å². The lowest BCUT2D eigenvalue weighted by atomic mass is 9.78. The van der Waals surface area contributed by atoms with Crippen molar-refractivity contribution >= 4 is 5.91 Å². The minimum absolute atomic E-state index is 0.0865. The molecule has 1 amide bonds. The van der Waals surface area contributed by atoms with E-state index in [2.05, 4.69) is 5.32 Å². The fourth-order valence-electron chi connectivity index (χ4n) is 2.63. The van der Waals surface area contributed by atoms with Gasteiger partial charge in [-0.3, -0.25) is 4.79 Å². The first-order valence-corrected chi connectivity index (χ1v) is 7.26. The van der Waals surface area contributed by atoms with Crippen LogP contribution in [0.2, 0.25) is 0 Å². The van der Waals surface area contributed by atoms with E-state index in [9.17, 15) is 4.79 Å². The normalized spacial score (nSPS) is 25.7. The second-order valence-electron chi connectivity index (χ2n) is 5.32. The van der Waals surface area contributed by atoms with Gasteiger partial charge in [0.25, 0.3) is 0 Å². The first-order chi connectivity index (χ1) is 8.65. The van der Waals surface area contributed by atoms with Gasteiger partial charge in [0.2, 0.25) is 5.91 Å². The molecule has 4 nitrogen and oxygen atoms in total. The fraction of sp³-hybridized carbons (Fsp3) is 0.929. The van der Waals surface area contributed by atoms with Gasteiger partial charge in [0.1, 0.15) is 0 Å². The van der Waals surface area contributed by atoms with Crippen LogP contribution in [0.1, 0.15) is 46.0 Å². The Kier molecular flexibility index (Phi) is 7.28. The molecule has 1 rings (SSSR count). The lowest BCUT2D eigenvalue weighted by Crippen LogP contribution is -2.38. The summed E-state index contributed by atoms with van der Waals surface area (Å²) < 4.78 is 5.24. The molecule has 0 aromatic rings. The number of ether oxygens (including phenoxy) is 1. The van der Waals surface area contributed by atoms with Crippen molar-refractivity contribution in [3.63, 3.8) is 0 Å². The SMILES string of the molecule is CCOCCCNC(=O)C(C)C1CCCC(N)C1. The van der Waals surface area contributed by atoms with Gasteiger partial charge in [0.15, 0.2) is 0 Å². The van der Waals surface area contributed by atoms with Gasteiger partial charge in [-0.05, 0) is 38.5 Å². The van der Waals surface area contributed by atoms with E-state index in [-0.39, 0.29) is 17.9 Å². The number of amides is 1. The van der Waals surface area contributed by atoms with E-state index in [0.29, 0.717) is 12.5 Å². The number of carbonyl (C=O) groups excluding carboxylic acids is 1. The van der Waals surface area contributed by atoms with Gasteiger partial charge in [-0.2, -0.15) is 0 Å². The Morgan fingerprint density at radius 1 is 1.50 bits per heavy atom. The molecule has 0 bridgehead atoms. The summed E-state index contributed by atoms with van der Waals surface area (Å²) in [6, 6.07) is 0.289. The van der Waals surface area contributed by atoms with Crippen LogP contribution >= 0.6 is 0 Å². The van der Waals surface area contributed by atoms with Crippen molar-refractivity contribution in [3.05, 3.63) is 0 Å². The van der Waals surface area contributed by atoms with Gasteiger partial charge in [-0.15, -0.1) is 0 Å². The second kappa shape index (κ2) is 8.48. The van der Waals surface area contributed by atoms with E-state index in [1.54, 1.807) is 0 Å². The van der Waals surface area contributed by atoms with E-state index in [4.69, 9.17) is 10.5 Å². The van der Waals surface area contributed by atoms with Gasteiger partial charge in [-0.25, -0.2) is 0 Å². The molecule has 0 aromatic heterocycles. The zero-order valence-corrected chi connectivity index (χ0v) is 11.8. The number of nitrogens with two attached hydrogens (primary N) is 1. The van der Waals surface area contributed by atoms with Crippen molar-refractivity contribution in [2.75, 3.05) is 19.8 Å². The van der Waals surface area contributed by atoms with Crippen LogP contribution in [0.25, 0.3) is 0 Å². The summed E-state index contributed by atoms with van der Waals surface area (Å²) >= 11 is 0. The highest BCUT2D eigenvalue weighted by Gasteiger charge is 2.28. The molecule has 1 aliphatic carbocycles. The molecular weight excluding hydrogens is 228 g/mol. The predicted octanol–water partition coefficient (Wildman–Crippen LogP) is 1.68. The van der Waals surface area contributed by atoms with Crippen LogP contribution in [0.5, 0.6) is 0 Å². The van der Waals surface area contributed by atoms with Gasteiger partial charge < -0.3 is 15.8 Å². The summed E-state index contributed by atoms with van der Waals surface area (Å²) in [7, 11) is 0. The van der Waals surface area contributed by atoms with Crippen LogP contribution in [0.3, 0.4) is 0 Å². The number of nitrogens with one attached hydrogen (secondary N) is 1. The molecular formula is C14H28N2O2. The number of rotatable bonds is 7. The summed E-state index contributed by atoms with van der Waals surface area (Å²) in [6.07, 6.45) is 5.29. The van der Waals surface area contributed by atoms with Crippen molar-refractivity contribution in [1.29, 1.82) is 0 Å². The quantitative estimate of drug-likeness (QED) is 0.681. The van der Waals surface area contributed by atoms with Crippen LogP contribution in [0, 0.1) is 11.8 Å². The molecule has 0 heterocycles. The van der Waals surface area contributed by atoms with E-state index in [0.717, 1.165) is 45.3 Å². The minimum Gasteiger partial charge on any atom is -0.382 e. The standard InChI is InChI=1S/C14H28N2O2/c1-3-18-9-5-8-16-14(17)11(2)12-6-4-7-13(15)10-12/h11-13H,3-10,15H2,1-2H3,(H,16,17). The average Bonchev–Trinajstić information content (AvgIpc) is 2.37. The lowest BCUT2D eigenvalue weighted by Gasteiger charge is -2.30. The highest BCUT2D eigenvalue weighted by Crippen LogP contribution is 2.29. The zero-order chi connectivity index (χ0) is 13.4. The first kappa shape index (κ1) is 15.4. The van der Waals surface area contributed by atoms with E-state index >= 15 is 0 Å². The molecule has 0 radical (unpaired) electrons. The summed E-state index contributed by atoms with van der Waals surface area (Å²) in [6.45, 7) is 6.18. The monoisotopic (exact) mass is 256 g/mol. The van der Waals surface area contributed by atoms with Crippen LogP contribution in [-0.2, 0) is 9.53 Å². The molecule has 0 spiro atoms. The molecule has 3 unspecified atom stereocenters. The Balaban J connectivity index is 2.19. The molecule has 18 heavy (non-hydrogen) atoms. The van der Waals surface area contributed by atoms with Gasteiger partial charge >= 0.3 is 0 Å². The van der Waals surface area contributed by atoms with Crippen LogP contribution in [0.4, 0.5) is 0 Å². The van der Waals surface area contributed by atoms with Crippen molar-refractivity contribution in [3.8, 4) is 0 Å². The summed E-state index contributed by atoms with van der Waals surface area (Å²) in [5, 5.41) is 2.99. The molecule has 3 atom stereocenters. The van der Waals surface area contributed by atoms with Gasteiger partial charge in [-0.1, -0.05) is 13.3 Å². The third-order valence-corrected chi connectivity index (χ3v) is 3.84. The molecule has 0 saturated heterocycles. The summed E-state index contributed by atoms with van der Waals surface area (Å²) in [4.78, 5) is 12.0. The molecule has 1 aliphatic rings. The first-order valence-electron chi connectivity index (χ1n) is 7.26. The fourth-order valence-corrected chi connectivity index (χ4v) is 2.63. The Morgan fingerprint density at radius 2 is 2.28 bits per heavy atom. The molecule has 1 fully saturated rings. The van der Waals surface area contributed by atoms with Crippen molar-refractivity contribution in [1.82, 2.24) is 5.32 Å². The minimum atomic E-state index is 0.0865. The predicted molar refractivity (Wildman–Crippen MR) is 73.2 cm³/mol. The maximum absolute atomic E-state index is 12.0. The number of hydrogen-bond acceptors (Lipinski definition) is 3. The summed E-state index contributed by atoms with van der Waals surface area (Å²) in [5.41, 5.74) is 5.97. The smallest absolute Gasteiger partial charge is 0.223 e. The molecule has 3 N–H and O–H groups in total. The molecule has 1 saturated carbocycles. The number of hydrogen-bond donors (Lipinski definition) is 2. The third-order valence-electron chi connectivity index (χ3n) is 3.84. The third kappa shape index (κ3) is 5.36. The Labute approximate surface area is 111 Å². The maximum atomic E-state index is 12.0. The largest absolute Gasteiger partial charge is 0.382 e. The molecule has 4 heteroatoms. The highest BCUT2D eigenvalue weighted by molar-refractivity contribution is 5.78. The van der Waals surface area contributed by atoms with Crippen molar-refractivity contribution in [2.24, 2.45) is 17.6 Å². The van der Waals surface area contributed by atoms with Gasteiger partial charge in [0, 0.05) is 31.7 Å². The van der Waals surface area contributed by atoms with E-state index in [1.165, 1.54) is 0 Å². The molecule has 106 valence electrons. The number of carbonyl (C=O) groups is 1. The van der Waals surface area contributed by atoms with E-state index in [1.807, 2.05) is 13.8 Å². The van der Waals surface area contributed by atoms with Crippen molar-refractivity contribution < 1.29 is 9.53 Å². The summed E-state index contributed by atoms with van der Waals surface area (Å²) in [5.74, 6) is 0.717. The van der Waals surface area contributed by atoms with Gasteiger partial charge in [0.05, 0.1) is 0 Å². The van der Waals surface area contributed by atoms with E-state index < -0.39 is 0 Å². The second-order valence-corrected chi connectivity index (χ2v) is 5.32. The van der Waals surface area contributed by atoms with Crippen LogP contribution in [-0.4, -0.2) is 31.7 Å². The van der Waals surface area contributed by atoms with Crippen molar-refractivity contribution in [2.45, 2.75) is 52.0 Å².